The second-order valence-electron chi connectivity index (χ2n) is 2.65. The number of thiophene rings is 1. The third-order valence-electron chi connectivity index (χ3n) is 1.82. The molecule has 2 rings (SSSR count). The van der Waals surface area contributed by atoms with Crippen molar-refractivity contribution in [2.75, 3.05) is 0 Å². The molecule has 74 valence electrons. The van der Waals surface area contributed by atoms with E-state index in [1.807, 2.05) is 16.8 Å². The molecule has 2 aromatic rings. The number of hydrazine groups is 1. The average Bonchev–Trinajstić information content (AvgIpc) is 2.80. The van der Waals surface area contributed by atoms with Crippen LogP contribution in [0.4, 0.5) is 0 Å². The zero-order valence-electron chi connectivity index (χ0n) is 7.11. The standard InChI is InChI=1S/C8H8ClN3S2/c9-5-1-2-14-8(5)7(12-10)6-3-13-4-11-6/h1-4,7,12H,10H2. The van der Waals surface area contributed by atoms with Crippen molar-refractivity contribution in [2.24, 2.45) is 5.84 Å². The van der Waals surface area contributed by atoms with E-state index in [1.54, 1.807) is 28.2 Å². The van der Waals surface area contributed by atoms with Crippen LogP contribution in [-0.2, 0) is 0 Å². The quantitative estimate of drug-likeness (QED) is 0.645. The number of rotatable bonds is 3. The van der Waals surface area contributed by atoms with Gasteiger partial charge in [-0.3, -0.25) is 5.84 Å². The fraction of sp³-hybridized carbons (Fsp3) is 0.125. The maximum Gasteiger partial charge on any atom is 0.0996 e. The van der Waals surface area contributed by atoms with Crippen molar-refractivity contribution in [1.29, 1.82) is 0 Å². The Bertz CT molecular complexity index is 398. The van der Waals surface area contributed by atoms with Gasteiger partial charge in [-0.05, 0) is 11.4 Å². The molecule has 0 bridgehead atoms. The summed E-state index contributed by atoms with van der Waals surface area (Å²) in [5.41, 5.74) is 5.40. The predicted octanol–water partition coefficient (Wildman–Crippen LogP) is 2.41. The summed E-state index contributed by atoms with van der Waals surface area (Å²) in [5, 5.41) is 4.63. The van der Waals surface area contributed by atoms with Gasteiger partial charge < -0.3 is 0 Å². The van der Waals surface area contributed by atoms with E-state index in [0.717, 1.165) is 15.6 Å². The van der Waals surface area contributed by atoms with Crippen LogP contribution in [-0.4, -0.2) is 4.98 Å². The van der Waals surface area contributed by atoms with Gasteiger partial charge >= 0.3 is 0 Å². The van der Waals surface area contributed by atoms with Gasteiger partial charge in [-0.25, -0.2) is 10.4 Å². The summed E-state index contributed by atoms with van der Waals surface area (Å²) in [6.45, 7) is 0. The number of nitrogens with two attached hydrogens (primary N) is 1. The molecule has 0 aliphatic rings. The fourth-order valence-electron chi connectivity index (χ4n) is 1.17. The van der Waals surface area contributed by atoms with E-state index in [0.29, 0.717) is 0 Å². The molecular weight excluding hydrogens is 238 g/mol. The smallest absolute Gasteiger partial charge is 0.0996 e. The Labute approximate surface area is 94.5 Å². The largest absolute Gasteiger partial charge is 0.270 e. The third-order valence-corrected chi connectivity index (χ3v) is 3.85. The highest BCUT2D eigenvalue weighted by Gasteiger charge is 2.18. The van der Waals surface area contributed by atoms with Crippen LogP contribution in [0.1, 0.15) is 16.6 Å². The minimum Gasteiger partial charge on any atom is -0.270 e. The zero-order chi connectivity index (χ0) is 9.97. The Morgan fingerprint density at radius 3 is 2.93 bits per heavy atom. The minimum absolute atomic E-state index is 0.103. The maximum atomic E-state index is 6.02. The minimum atomic E-state index is -0.103. The second kappa shape index (κ2) is 4.37. The van der Waals surface area contributed by atoms with E-state index >= 15 is 0 Å². The van der Waals surface area contributed by atoms with Gasteiger partial charge in [0.2, 0.25) is 0 Å². The predicted molar refractivity (Wildman–Crippen MR) is 60.6 cm³/mol. The maximum absolute atomic E-state index is 6.02. The third kappa shape index (κ3) is 1.82. The first-order chi connectivity index (χ1) is 6.83. The lowest BCUT2D eigenvalue weighted by Gasteiger charge is -2.11. The van der Waals surface area contributed by atoms with Crippen LogP contribution in [0.5, 0.6) is 0 Å². The van der Waals surface area contributed by atoms with Gasteiger partial charge in [-0.2, -0.15) is 0 Å². The summed E-state index contributed by atoms with van der Waals surface area (Å²) in [7, 11) is 0. The molecule has 6 heteroatoms. The lowest BCUT2D eigenvalue weighted by Crippen LogP contribution is -2.28. The summed E-state index contributed by atoms with van der Waals surface area (Å²) >= 11 is 9.13. The topological polar surface area (TPSA) is 50.9 Å². The molecule has 3 nitrogen and oxygen atoms in total. The van der Waals surface area contributed by atoms with Crippen molar-refractivity contribution >= 4 is 34.3 Å². The van der Waals surface area contributed by atoms with Crippen molar-refractivity contribution in [3.63, 3.8) is 0 Å². The number of hydrogen-bond donors (Lipinski definition) is 2. The molecule has 1 unspecified atom stereocenters. The van der Waals surface area contributed by atoms with Crippen molar-refractivity contribution in [2.45, 2.75) is 6.04 Å². The summed E-state index contributed by atoms with van der Waals surface area (Å²) < 4.78 is 0. The highest BCUT2D eigenvalue weighted by molar-refractivity contribution is 7.10. The molecule has 0 aliphatic carbocycles. The van der Waals surface area contributed by atoms with Crippen molar-refractivity contribution in [3.8, 4) is 0 Å². The lowest BCUT2D eigenvalue weighted by atomic mass is 10.2. The van der Waals surface area contributed by atoms with Gasteiger partial charge in [-0.1, -0.05) is 11.6 Å². The first kappa shape index (κ1) is 10.1. The van der Waals surface area contributed by atoms with Crippen LogP contribution in [0.25, 0.3) is 0 Å². The fourth-order valence-corrected chi connectivity index (χ4v) is 2.99. The van der Waals surface area contributed by atoms with Crippen LogP contribution in [0.3, 0.4) is 0 Å². The Balaban J connectivity index is 2.36. The first-order valence-corrected chi connectivity index (χ1v) is 6.10. The van der Waals surface area contributed by atoms with E-state index in [9.17, 15) is 0 Å². The Hall–Kier alpha value is -0.460. The number of thiazole rings is 1. The second-order valence-corrected chi connectivity index (χ2v) is 4.72. The number of halogens is 1. The molecule has 3 N–H and O–H groups in total. The van der Waals surface area contributed by atoms with Crippen LogP contribution < -0.4 is 11.3 Å². The van der Waals surface area contributed by atoms with Crippen LogP contribution >= 0.6 is 34.3 Å². The molecule has 0 aromatic carbocycles. The van der Waals surface area contributed by atoms with Crippen LogP contribution in [0.2, 0.25) is 5.02 Å². The van der Waals surface area contributed by atoms with Gasteiger partial charge in [0, 0.05) is 10.3 Å². The van der Waals surface area contributed by atoms with Crippen LogP contribution in [0, 0.1) is 0 Å². The molecule has 2 heterocycles. The highest BCUT2D eigenvalue weighted by atomic mass is 35.5. The Kier molecular flexibility index (Phi) is 3.15. The molecule has 0 saturated heterocycles. The van der Waals surface area contributed by atoms with E-state index in [-0.39, 0.29) is 6.04 Å². The van der Waals surface area contributed by atoms with E-state index in [1.165, 1.54) is 0 Å². The first-order valence-electron chi connectivity index (χ1n) is 3.90. The highest BCUT2D eigenvalue weighted by Crippen LogP contribution is 2.31. The van der Waals surface area contributed by atoms with Gasteiger partial charge in [0.1, 0.15) is 0 Å². The lowest BCUT2D eigenvalue weighted by molar-refractivity contribution is 0.633. The van der Waals surface area contributed by atoms with E-state index < -0.39 is 0 Å². The number of nitrogens with zero attached hydrogens (tertiary/aromatic N) is 1. The molecule has 0 amide bonds. The average molecular weight is 246 g/mol. The van der Waals surface area contributed by atoms with Crippen LogP contribution in [0.15, 0.2) is 22.3 Å². The van der Waals surface area contributed by atoms with Gasteiger partial charge in [0.05, 0.1) is 22.3 Å². The molecule has 0 saturated carbocycles. The van der Waals surface area contributed by atoms with Crippen molar-refractivity contribution < 1.29 is 0 Å². The molecule has 0 fully saturated rings. The summed E-state index contributed by atoms with van der Waals surface area (Å²) in [6.07, 6.45) is 0. The molecule has 0 aliphatic heterocycles. The summed E-state index contributed by atoms with van der Waals surface area (Å²) in [5.74, 6) is 5.49. The zero-order valence-corrected chi connectivity index (χ0v) is 9.49. The normalized spacial score (nSPS) is 13.0. The summed E-state index contributed by atoms with van der Waals surface area (Å²) in [6, 6.07) is 1.76. The number of nitrogens with one attached hydrogen (secondary N) is 1. The van der Waals surface area contributed by atoms with E-state index in [2.05, 4.69) is 10.4 Å². The Morgan fingerprint density at radius 2 is 2.43 bits per heavy atom. The monoisotopic (exact) mass is 245 g/mol. The van der Waals surface area contributed by atoms with Crippen molar-refractivity contribution in [1.82, 2.24) is 10.4 Å². The molecule has 2 aromatic heterocycles. The van der Waals surface area contributed by atoms with Gasteiger partial charge in [-0.15, -0.1) is 22.7 Å². The molecule has 14 heavy (non-hydrogen) atoms. The van der Waals surface area contributed by atoms with E-state index in [4.69, 9.17) is 17.4 Å². The summed E-state index contributed by atoms with van der Waals surface area (Å²) in [4.78, 5) is 5.21. The van der Waals surface area contributed by atoms with Gasteiger partial charge in [0.15, 0.2) is 0 Å². The van der Waals surface area contributed by atoms with Crippen molar-refractivity contribution in [3.05, 3.63) is 37.9 Å². The molecular formula is C8H8ClN3S2. The van der Waals surface area contributed by atoms with Gasteiger partial charge in [0.25, 0.3) is 0 Å². The Morgan fingerprint density at radius 1 is 1.57 bits per heavy atom. The SMILES string of the molecule is NNC(c1cscn1)c1sccc1Cl. The number of aromatic nitrogens is 1. The molecule has 1 atom stereocenters. The number of hydrogen-bond acceptors (Lipinski definition) is 5. The molecule has 0 radical (unpaired) electrons. The molecule has 0 spiro atoms.